The number of carbonyl (C=O) groups is 2. The Bertz CT molecular complexity index is 1530. The van der Waals surface area contributed by atoms with E-state index in [4.69, 9.17) is 4.42 Å². The number of furan rings is 1. The lowest BCUT2D eigenvalue weighted by atomic mass is 10.0. The molecule has 0 radical (unpaired) electrons. The fourth-order valence-corrected chi connectivity index (χ4v) is 3.73. The molecule has 0 aliphatic carbocycles. The van der Waals surface area contributed by atoms with Crippen molar-refractivity contribution < 1.29 is 19.1 Å². The van der Waals surface area contributed by atoms with Gasteiger partial charge in [0.15, 0.2) is 5.76 Å². The summed E-state index contributed by atoms with van der Waals surface area (Å²) in [6, 6.07) is 15.6. The van der Waals surface area contributed by atoms with E-state index in [0.717, 1.165) is 27.5 Å². The third kappa shape index (κ3) is 3.67. The van der Waals surface area contributed by atoms with Crippen molar-refractivity contribution in [1.29, 1.82) is 0 Å². The molecule has 0 aliphatic rings. The van der Waals surface area contributed by atoms with Gasteiger partial charge in [0.05, 0.1) is 5.56 Å². The van der Waals surface area contributed by atoms with E-state index >= 15 is 0 Å². The smallest absolute Gasteiger partial charge is 0.291 e. The first kappa shape index (κ1) is 20.3. The van der Waals surface area contributed by atoms with Gasteiger partial charge in [-0.15, -0.1) is 0 Å². The van der Waals surface area contributed by atoms with Crippen LogP contribution in [-0.2, 0) is 0 Å². The minimum Gasteiger partial charge on any atom is -0.507 e. The van der Waals surface area contributed by atoms with Crippen LogP contribution in [0.3, 0.4) is 0 Å². The van der Waals surface area contributed by atoms with Gasteiger partial charge in [0, 0.05) is 48.5 Å². The van der Waals surface area contributed by atoms with E-state index in [-0.39, 0.29) is 23.0 Å². The summed E-state index contributed by atoms with van der Waals surface area (Å²) in [6.45, 7) is 0. The number of pyridine rings is 1. The Labute approximate surface area is 188 Å². The van der Waals surface area contributed by atoms with Gasteiger partial charge in [-0.3, -0.25) is 9.59 Å². The molecule has 0 saturated carbocycles. The van der Waals surface area contributed by atoms with Crippen LogP contribution in [0.4, 0.5) is 5.69 Å². The fourth-order valence-electron chi connectivity index (χ4n) is 3.73. The maximum Gasteiger partial charge on any atom is 0.291 e. The molecule has 2 aromatic carbocycles. The first-order valence-electron chi connectivity index (χ1n) is 10.2. The van der Waals surface area contributed by atoms with Gasteiger partial charge >= 0.3 is 0 Å². The summed E-state index contributed by atoms with van der Waals surface area (Å²) < 4.78 is 5.81. The van der Waals surface area contributed by atoms with Gasteiger partial charge in [-0.05, 0) is 48.0 Å². The number of aromatic amines is 1. The van der Waals surface area contributed by atoms with Crippen LogP contribution in [0.1, 0.15) is 20.9 Å². The summed E-state index contributed by atoms with van der Waals surface area (Å²) in [4.78, 5) is 34.0. The van der Waals surface area contributed by atoms with Crippen LogP contribution >= 0.6 is 0 Å². The van der Waals surface area contributed by atoms with Crippen molar-refractivity contribution in [2.45, 2.75) is 0 Å². The molecule has 0 aliphatic heterocycles. The molecule has 3 N–H and O–H groups in total. The quantitative estimate of drug-likeness (QED) is 0.353. The van der Waals surface area contributed by atoms with Crippen molar-refractivity contribution in [3.05, 3.63) is 78.3 Å². The molecular formula is C25H20N4O4. The van der Waals surface area contributed by atoms with E-state index in [2.05, 4.69) is 15.3 Å². The number of H-pyrrole nitrogens is 1. The average Bonchev–Trinajstić information content (AvgIpc) is 3.46. The lowest BCUT2D eigenvalue weighted by molar-refractivity contribution is 0.0824. The van der Waals surface area contributed by atoms with E-state index < -0.39 is 5.91 Å². The number of rotatable bonds is 4. The monoisotopic (exact) mass is 440 g/mol. The lowest BCUT2D eigenvalue weighted by Crippen LogP contribution is -2.22. The molecule has 0 unspecified atom stereocenters. The van der Waals surface area contributed by atoms with Crippen LogP contribution in [0.25, 0.3) is 33.1 Å². The van der Waals surface area contributed by atoms with Crippen molar-refractivity contribution in [1.82, 2.24) is 14.9 Å². The summed E-state index contributed by atoms with van der Waals surface area (Å²) in [6.07, 6.45) is 3.61. The van der Waals surface area contributed by atoms with Gasteiger partial charge in [-0.25, -0.2) is 4.98 Å². The molecule has 3 heterocycles. The highest BCUT2D eigenvalue weighted by Gasteiger charge is 2.18. The number of fused-ring (bicyclic) bond motifs is 2. The zero-order chi connectivity index (χ0) is 23.1. The molecule has 8 nitrogen and oxygen atoms in total. The second-order valence-electron chi connectivity index (χ2n) is 7.85. The lowest BCUT2D eigenvalue weighted by Gasteiger charge is -2.13. The van der Waals surface area contributed by atoms with Gasteiger partial charge in [-0.2, -0.15) is 0 Å². The summed E-state index contributed by atoms with van der Waals surface area (Å²) in [5.74, 6) is -0.870. The molecule has 0 atom stereocenters. The molecule has 0 spiro atoms. The molecule has 0 fully saturated rings. The molecule has 8 heteroatoms. The van der Waals surface area contributed by atoms with Crippen LogP contribution < -0.4 is 5.32 Å². The predicted octanol–water partition coefficient (Wildman–Crippen LogP) is 4.64. The standard InChI is InChI=1S/C25H20N4O4/c1-29(2)25(32)19-11-16(6-7-20(19)30)28-24(31)22-12-18-17(4-3-5-21(18)33-22)15-10-14-8-9-26-23(14)27-13-15/h3-13,30H,1-2H3,(H,26,27)(H,28,31). The van der Waals surface area contributed by atoms with Crippen molar-refractivity contribution in [2.24, 2.45) is 0 Å². The van der Waals surface area contributed by atoms with Crippen molar-refractivity contribution in [3.8, 4) is 16.9 Å². The number of phenolic OH excluding ortho intramolecular Hbond substituents is 1. The molecule has 33 heavy (non-hydrogen) atoms. The summed E-state index contributed by atoms with van der Waals surface area (Å²) in [7, 11) is 3.17. The third-order valence-corrected chi connectivity index (χ3v) is 5.39. The first-order valence-corrected chi connectivity index (χ1v) is 10.2. The predicted molar refractivity (Wildman–Crippen MR) is 125 cm³/mol. The van der Waals surface area contributed by atoms with Crippen LogP contribution in [-0.4, -0.2) is 45.9 Å². The molecule has 5 rings (SSSR count). The first-order chi connectivity index (χ1) is 15.9. The number of hydrogen-bond donors (Lipinski definition) is 3. The van der Waals surface area contributed by atoms with Crippen molar-refractivity contribution in [2.75, 3.05) is 19.4 Å². The molecule has 0 bridgehead atoms. The fraction of sp³-hybridized carbons (Fsp3) is 0.0800. The highest BCUT2D eigenvalue weighted by molar-refractivity contribution is 6.07. The van der Waals surface area contributed by atoms with Gasteiger partial charge in [-0.1, -0.05) is 12.1 Å². The minimum atomic E-state index is -0.467. The molecule has 3 aromatic heterocycles. The number of nitrogens with zero attached hydrogens (tertiary/aromatic N) is 2. The van der Waals surface area contributed by atoms with Gasteiger partial charge in [0.1, 0.15) is 17.0 Å². The largest absolute Gasteiger partial charge is 0.507 e. The van der Waals surface area contributed by atoms with Crippen LogP contribution in [0.2, 0.25) is 0 Å². The van der Waals surface area contributed by atoms with Crippen molar-refractivity contribution in [3.63, 3.8) is 0 Å². The Morgan fingerprint density at radius 2 is 1.94 bits per heavy atom. The number of nitrogens with one attached hydrogen (secondary N) is 2. The SMILES string of the molecule is CN(C)C(=O)c1cc(NC(=O)c2cc3c(-c4cnc5[nH]ccc5c4)cccc3o2)ccc1O. The summed E-state index contributed by atoms with van der Waals surface area (Å²) >= 11 is 0. The maximum absolute atomic E-state index is 12.9. The Morgan fingerprint density at radius 3 is 2.76 bits per heavy atom. The van der Waals surface area contributed by atoms with Crippen LogP contribution in [0.5, 0.6) is 5.75 Å². The van der Waals surface area contributed by atoms with E-state index in [9.17, 15) is 14.7 Å². The third-order valence-electron chi connectivity index (χ3n) is 5.39. The van der Waals surface area contributed by atoms with E-state index in [1.165, 1.54) is 23.1 Å². The zero-order valence-corrected chi connectivity index (χ0v) is 17.9. The number of amides is 2. The normalized spacial score (nSPS) is 11.1. The highest BCUT2D eigenvalue weighted by atomic mass is 16.3. The Morgan fingerprint density at radius 1 is 1.09 bits per heavy atom. The number of phenols is 1. The zero-order valence-electron chi connectivity index (χ0n) is 17.9. The topological polar surface area (TPSA) is 111 Å². The Balaban J connectivity index is 1.47. The molecule has 0 saturated heterocycles. The number of aromatic nitrogens is 2. The summed E-state index contributed by atoms with van der Waals surface area (Å²) in [5, 5.41) is 14.5. The number of carbonyl (C=O) groups excluding carboxylic acids is 2. The number of hydrogen-bond acceptors (Lipinski definition) is 5. The minimum absolute atomic E-state index is 0.0948. The van der Waals surface area contributed by atoms with E-state index in [1.54, 1.807) is 32.4 Å². The van der Waals surface area contributed by atoms with E-state index in [1.807, 2.05) is 30.5 Å². The second-order valence-corrected chi connectivity index (χ2v) is 7.85. The van der Waals surface area contributed by atoms with Crippen molar-refractivity contribution >= 4 is 39.5 Å². The molecule has 2 amide bonds. The number of benzene rings is 2. The summed E-state index contributed by atoms with van der Waals surface area (Å²) in [5.41, 5.74) is 3.64. The molecule has 5 aromatic rings. The molecular weight excluding hydrogens is 420 g/mol. The van der Waals surface area contributed by atoms with Crippen LogP contribution in [0, 0.1) is 0 Å². The second kappa shape index (κ2) is 7.83. The van der Waals surface area contributed by atoms with Gasteiger partial charge < -0.3 is 24.7 Å². The van der Waals surface area contributed by atoms with Gasteiger partial charge in [0.2, 0.25) is 0 Å². The van der Waals surface area contributed by atoms with E-state index in [0.29, 0.717) is 11.3 Å². The Hall–Kier alpha value is -4.59. The maximum atomic E-state index is 12.9. The number of aromatic hydroxyl groups is 1. The Kier molecular flexibility index (Phi) is 4.82. The molecule has 164 valence electrons. The average molecular weight is 440 g/mol. The van der Waals surface area contributed by atoms with Crippen LogP contribution in [0.15, 0.2) is 71.4 Å². The van der Waals surface area contributed by atoms with Gasteiger partial charge in [0.25, 0.3) is 11.8 Å². The highest BCUT2D eigenvalue weighted by Crippen LogP contribution is 2.32. The number of anilines is 1.